The lowest BCUT2D eigenvalue weighted by Gasteiger charge is -2.10. The number of hydrogen-bond donors (Lipinski definition) is 0. The van der Waals surface area contributed by atoms with Crippen molar-refractivity contribution < 1.29 is 9.18 Å². The number of Topliss-reactive ketones (excluding diaryl/α,β-unsaturated/α-hetero) is 1. The molecule has 2 nitrogen and oxygen atoms in total. The minimum absolute atomic E-state index is 0.0545. The van der Waals surface area contributed by atoms with Gasteiger partial charge in [-0.3, -0.25) is 4.79 Å². The van der Waals surface area contributed by atoms with Crippen LogP contribution in [0.3, 0.4) is 0 Å². The lowest BCUT2D eigenvalue weighted by atomic mass is 9.92. The van der Waals surface area contributed by atoms with Gasteiger partial charge in [-0.2, -0.15) is 5.26 Å². The molecule has 2 aromatic rings. The molecule has 0 N–H and O–H groups in total. The molecular weight excluding hydrogens is 300 g/mol. The first-order chi connectivity index (χ1) is 9.52. The normalized spacial score (nSPS) is 11.7. The number of nitrogens with zero attached hydrogens (tertiary/aromatic N) is 1. The summed E-state index contributed by atoms with van der Waals surface area (Å²) in [7, 11) is 0. The number of ketones is 1. The van der Waals surface area contributed by atoms with E-state index in [-0.39, 0.29) is 10.6 Å². The highest BCUT2D eigenvalue weighted by atomic mass is 35.5. The predicted octanol–water partition coefficient (Wildman–Crippen LogP) is 4.62. The maximum Gasteiger partial charge on any atom is 0.184 e. The van der Waals surface area contributed by atoms with Crippen molar-refractivity contribution in [3.8, 4) is 6.07 Å². The second-order valence-electron chi connectivity index (χ2n) is 4.10. The third-order valence-corrected chi connectivity index (χ3v) is 3.37. The third kappa shape index (κ3) is 2.98. The Bertz CT molecular complexity index is 692. The Morgan fingerprint density at radius 2 is 1.80 bits per heavy atom. The first-order valence-corrected chi connectivity index (χ1v) is 6.43. The second-order valence-corrected chi connectivity index (χ2v) is 4.94. The summed E-state index contributed by atoms with van der Waals surface area (Å²) in [6.07, 6.45) is 0. The summed E-state index contributed by atoms with van der Waals surface area (Å²) in [5, 5.41) is 9.76. The fourth-order valence-electron chi connectivity index (χ4n) is 1.79. The lowest BCUT2D eigenvalue weighted by molar-refractivity contribution is 0.0979. The second kappa shape index (κ2) is 6.04. The van der Waals surface area contributed by atoms with Gasteiger partial charge in [-0.15, -0.1) is 0 Å². The third-order valence-electron chi connectivity index (χ3n) is 2.79. The quantitative estimate of drug-likeness (QED) is 0.776. The van der Waals surface area contributed by atoms with E-state index in [0.29, 0.717) is 10.6 Å². The molecule has 0 aromatic heterocycles. The molecule has 0 aliphatic heterocycles. The largest absolute Gasteiger partial charge is 0.292 e. The van der Waals surface area contributed by atoms with Crippen LogP contribution < -0.4 is 0 Å². The Hall–Kier alpha value is -1.89. The summed E-state index contributed by atoms with van der Waals surface area (Å²) in [4.78, 5) is 12.3. The Morgan fingerprint density at radius 1 is 1.15 bits per heavy atom. The van der Waals surface area contributed by atoms with Crippen molar-refractivity contribution in [2.75, 3.05) is 0 Å². The molecule has 2 rings (SSSR count). The average Bonchev–Trinajstić information content (AvgIpc) is 2.42. The lowest BCUT2D eigenvalue weighted by Crippen LogP contribution is -2.11. The van der Waals surface area contributed by atoms with Gasteiger partial charge in [0.05, 0.1) is 6.07 Å². The maximum atomic E-state index is 13.0. The molecule has 0 heterocycles. The topological polar surface area (TPSA) is 40.9 Å². The molecule has 0 spiro atoms. The molecule has 0 aliphatic carbocycles. The van der Waals surface area contributed by atoms with E-state index in [1.807, 2.05) is 6.07 Å². The van der Waals surface area contributed by atoms with Crippen molar-refractivity contribution in [1.82, 2.24) is 0 Å². The van der Waals surface area contributed by atoms with E-state index in [1.165, 1.54) is 24.3 Å². The van der Waals surface area contributed by atoms with E-state index in [9.17, 15) is 14.4 Å². The van der Waals surface area contributed by atoms with Crippen LogP contribution in [0.1, 0.15) is 21.8 Å². The molecule has 0 radical (unpaired) electrons. The maximum absolute atomic E-state index is 13.0. The Labute approximate surface area is 125 Å². The van der Waals surface area contributed by atoms with Gasteiger partial charge >= 0.3 is 0 Å². The SMILES string of the molecule is N#CC(C(=O)c1ccc(Cl)cc1)c1ccc(F)cc1Cl. The number of benzene rings is 2. The molecule has 0 aliphatic rings. The highest BCUT2D eigenvalue weighted by molar-refractivity contribution is 6.32. The molecule has 20 heavy (non-hydrogen) atoms. The number of carbonyl (C=O) groups is 1. The van der Waals surface area contributed by atoms with E-state index in [0.717, 1.165) is 6.07 Å². The van der Waals surface area contributed by atoms with Crippen LogP contribution in [0.4, 0.5) is 4.39 Å². The van der Waals surface area contributed by atoms with E-state index in [1.54, 1.807) is 12.1 Å². The first kappa shape index (κ1) is 14.5. The number of hydrogen-bond acceptors (Lipinski definition) is 2. The summed E-state index contributed by atoms with van der Waals surface area (Å²) in [6, 6.07) is 11.7. The van der Waals surface area contributed by atoms with Crippen molar-refractivity contribution in [1.29, 1.82) is 5.26 Å². The van der Waals surface area contributed by atoms with Gasteiger partial charge in [0, 0.05) is 15.6 Å². The van der Waals surface area contributed by atoms with Gasteiger partial charge in [0.2, 0.25) is 0 Å². The molecule has 5 heteroatoms. The summed E-state index contributed by atoms with van der Waals surface area (Å²) in [5.74, 6) is -2.00. The van der Waals surface area contributed by atoms with Gasteiger partial charge in [-0.25, -0.2) is 4.39 Å². The minimum atomic E-state index is -1.08. The fraction of sp³-hybridized carbons (Fsp3) is 0.0667. The summed E-state index contributed by atoms with van der Waals surface area (Å²) in [5.41, 5.74) is 0.636. The minimum Gasteiger partial charge on any atom is -0.292 e. The first-order valence-electron chi connectivity index (χ1n) is 5.67. The molecule has 1 atom stereocenters. The number of nitriles is 1. The molecule has 2 aromatic carbocycles. The fourth-order valence-corrected chi connectivity index (χ4v) is 2.19. The van der Waals surface area contributed by atoms with Crippen LogP contribution in [0.5, 0.6) is 0 Å². The number of rotatable bonds is 3. The molecule has 0 fully saturated rings. The van der Waals surface area contributed by atoms with Crippen LogP contribution in [-0.2, 0) is 0 Å². The standard InChI is InChI=1S/C15H8Cl2FNO/c16-10-3-1-9(2-4-10)15(20)13(8-19)12-6-5-11(18)7-14(12)17/h1-7,13H. The monoisotopic (exact) mass is 307 g/mol. The number of halogens is 3. The Kier molecular flexibility index (Phi) is 4.39. The average molecular weight is 308 g/mol. The van der Waals surface area contributed by atoms with Gasteiger partial charge < -0.3 is 0 Å². The molecule has 100 valence electrons. The zero-order chi connectivity index (χ0) is 14.7. The van der Waals surface area contributed by atoms with Crippen molar-refractivity contribution in [3.05, 3.63) is 69.5 Å². The van der Waals surface area contributed by atoms with Crippen LogP contribution >= 0.6 is 23.2 Å². The van der Waals surface area contributed by atoms with Gasteiger partial charge in [-0.05, 0) is 42.0 Å². The molecule has 0 bridgehead atoms. The van der Waals surface area contributed by atoms with E-state index < -0.39 is 17.5 Å². The molecule has 0 saturated carbocycles. The van der Waals surface area contributed by atoms with Gasteiger partial charge in [0.1, 0.15) is 11.7 Å². The molecule has 0 amide bonds. The van der Waals surface area contributed by atoms with E-state index in [2.05, 4.69) is 0 Å². The van der Waals surface area contributed by atoms with Crippen LogP contribution in [0, 0.1) is 17.1 Å². The zero-order valence-corrected chi connectivity index (χ0v) is 11.6. The molecular formula is C15H8Cl2FNO. The smallest absolute Gasteiger partial charge is 0.184 e. The van der Waals surface area contributed by atoms with Crippen LogP contribution in [0.15, 0.2) is 42.5 Å². The van der Waals surface area contributed by atoms with Gasteiger partial charge in [0.25, 0.3) is 0 Å². The zero-order valence-electron chi connectivity index (χ0n) is 10.1. The van der Waals surface area contributed by atoms with Crippen molar-refractivity contribution in [2.24, 2.45) is 0 Å². The van der Waals surface area contributed by atoms with Crippen molar-refractivity contribution in [2.45, 2.75) is 5.92 Å². The van der Waals surface area contributed by atoms with Gasteiger partial charge in [-0.1, -0.05) is 29.3 Å². The number of carbonyl (C=O) groups excluding carboxylic acids is 1. The highest BCUT2D eigenvalue weighted by Crippen LogP contribution is 2.28. The van der Waals surface area contributed by atoms with Gasteiger partial charge in [0.15, 0.2) is 5.78 Å². The molecule has 1 unspecified atom stereocenters. The van der Waals surface area contributed by atoms with Crippen molar-refractivity contribution in [3.63, 3.8) is 0 Å². The van der Waals surface area contributed by atoms with Crippen LogP contribution in [0.2, 0.25) is 10.0 Å². The Morgan fingerprint density at radius 3 is 2.35 bits per heavy atom. The predicted molar refractivity (Wildman–Crippen MR) is 75.5 cm³/mol. The van der Waals surface area contributed by atoms with Crippen molar-refractivity contribution >= 4 is 29.0 Å². The highest BCUT2D eigenvalue weighted by Gasteiger charge is 2.24. The Balaban J connectivity index is 2.40. The van der Waals surface area contributed by atoms with Crippen LogP contribution in [0.25, 0.3) is 0 Å². The van der Waals surface area contributed by atoms with Crippen LogP contribution in [-0.4, -0.2) is 5.78 Å². The summed E-state index contributed by atoms with van der Waals surface area (Å²) in [6.45, 7) is 0. The van der Waals surface area contributed by atoms with E-state index in [4.69, 9.17) is 23.2 Å². The van der Waals surface area contributed by atoms with E-state index >= 15 is 0 Å². The molecule has 0 saturated heterocycles. The summed E-state index contributed by atoms with van der Waals surface area (Å²) < 4.78 is 13.0. The summed E-state index contributed by atoms with van der Waals surface area (Å²) >= 11 is 11.6.